The van der Waals surface area contributed by atoms with Crippen LogP contribution >= 0.6 is 0 Å². The van der Waals surface area contributed by atoms with Crippen LogP contribution in [0.25, 0.3) is 0 Å². The number of amides is 1. The quantitative estimate of drug-likeness (QED) is 0.524. The van der Waals surface area contributed by atoms with Gasteiger partial charge in [0.05, 0.1) is 18.1 Å². The third-order valence-corrected chi connectivity index (χ3v) is 4.19. The highest BCUT2D eigenvalue weighted by atomic mass is 16.6. The molecule has 3 rings (SSSR count). The first-order valence-corrected chi connectivity index (χ1v) is 8.91. The van der Waals surface area contributed by atoms with E-state index in [0.29, 0.717) is 42.2 Å². The van der Waals surface area contributed by atoms with Gasteiger partial charge in [0, 0.05) is 23.9 Å². The Labute approximate surface area is 167 Å². The van der Waals surface area contributed by atoms with E-state index in [-0.39, 0.29) is 18.5 Å². The maximum atomic E-state index is 12.7. The normalized spacial score (nSPS) is 11.8. The first-order valence-electron chi connectivity index (χ1n) is 8.91. The highest BCUT2D eigenvalue weighted by Gasteiger charge is 2.21. The lowest BCUT2D eigenvalue weighted by Gasteiger charge is -2.24. The molecule has 8 heteroatoms. The summed E-state index contributed by atoms with van der Waals surface area (Å²) in [4.78, 5) is 36.9. The van der Waals surface area contributed by atoms with Crippen molar-refractivity contribution in [2.24, 2.45) is 0 Å². The van der Waals surface area contributed by atoms with Crippen molar-refractivity contribution in [2.45, 2.75) is 6.42 Å². The highest BCUT2D eigenvalue weighted by Crippen LogP contribution is 2.34. The van der Waals surface area contributed by atoms with E-state index in [2.05, 4.69) is 0 Å². The number of anilines is 1. The molecule has 0 spiro atoms. The number of nitrogens with zero attached hydrogens (tertiary/aromatic N) is 2. The number of fused-ring (bicyclic) bond motifs is 1. The van der Waals surface area contributed by atoms with Crippen LogP contribution in [0.2, 0.25) is 0 Å². The van der Waals surface area contributed by atoms with E-state index >= 15 is 0 Å². The predicted molar refractivity (Wildman–Crippen MR) is 102 cm³/mol. The van der Waals surface area contributed by atoms with Gasteiger partial charge in [-0.2, -0.15) is 5.26 Å². The topological polar surface area (TPSA) is 106 Å². The van der Waals surface area contributed by atoms with E-state index in [0.717, 1.165) is 0 Å². The second-order valence-electron chi connectivity index (χ2n) is 6.10. The van der Waals surface area contributed by atoms with Gasteiger partial charge >= 0.3 is 5.97 Å². The fourth-order valence-electron chi connectivity index (χ4n) is 2.75. The van der Waals surface area contributed by atoms with Gasteiger partial charge in [-0.05, 0) is 24.3 Å². The number of hydrogen-bond acceptors (Lipinski definition) is 7. The van der Waals surface area contributed by atoms with Gasteiger partial charge in [-0.3, -0.25) is 9.59 Å². The molecule has 29 heavy (non-hydrogen) atoms. The van der Waals surface area contributed by atoms with Crippen LogP contribution in [-0.4, -0.2) is 44.5 Å². The summed E-state index contributed by atoms with van der Waals surface area (Å²) in [6, 6.07) is 12.9. The SMILES string of the molecule is N#CCCN(C(=O)COC(=O)c1ccc(C=O)cc1)c1ccc2c(c1)OCCO2. The molecule has 1 heterocycles. The fourth-order valence-corrected chi connectivity index (χ4v) is 2.75. The van der Waals surface area contributed by atoms with Crippen LogP contribution in [0.15, 0.2) is 42.5 Å². The number of ether oxygens (including phenoxy) is 3. The first kappa shape index (κ1) is 19.9. The fraction of sp³-hybridized carbons (Fsp3) is 0.238. The number of hydrogen-bond donors (Lipinski definition) is 0. The third-order valence-electron chi connectivity index (χ3n) is 4.19. The Hall–Kier alpha value is -3.86. The molecule has 0 unspecified atom stereocenters. The average Bonchev–Trinajstić information content (AvgIpc) is 2.77. The zero-order chi connectivity index (χ0) is 20.6. The van der Waals surface area contributed by atoms with Crippen molar-refractivity contribution in [2.75, 3.05) is 31.3 Å². The second kappa shape index (κ2) is 9.37. The second-order valence-corrected chi connectivity index (χ2v) is 6.10. The molecular formula is C21H18N2O6. The molecule has 0 saturated carbocycles. The van der Waals surface area contributed by atoms with Gasteiger partial charge in [0.15, 0.2) is 18.1 Å². The molecule has 2 aromatic carbocycles. The maximum absolute atomic E-state index is 12.7. The molecule has 0 radical (unpaired) electrons. The Kier molecular flexibility index (Phi) is 6.43. The molecule has 0 aromatic heterocycles. The molecule has 1 aliphatic heterocycles. The summed E-state index contributed by atoms with van der Waals surface area (Å²) in [6.45, 7) is 0.505. The van der Waals surface area contributed by atoms with Crippen molar-refractivity contribution in [1.82, 2.24) is 0 Å². The van der Waals surface area contributed by atoms with Gasteiger partial charge < -0.3 is 19.1 Å². The molecule has 8 nitrogen and oxygen atoms in total. The molecule has 0 N–H and O–H groups in total. The molecule has 0 saturated heterocycles. The van der Waals surface area contributed by atoms with Gasteiger partial charge in [0.1, 0.15) is 19.5 Å². The molecule has 148 valence electrons. The van der Waals surface area contributed by atoms with Crippen LogP contribution in [-0.2, 0) is 9.53 Å². The lowest BCUT2D eigenvalue weighted by atomic mass is 10.1. The Morgan fingerprint density at radius 1 is 1.10 bits per heavy atom. The molecule has 0 fully saturated rings. The number of carbonyl (C=O) groups is 3. The number of rotatable bonds is 7. The smallest absolute Gasteiger partial charge is 0.338 e. The van der Waals surface area contributed by atoms with E-state index in [1.807, 2.05) is 6.07 Å². The number of esters is 1. The Balaban J connectivity index is 1.69. The summed E-state index contributed by atoms with van der Waals surface area (Å²) in [6.07, 6.45) is 0.778. The monoisotopic (exact) mass is 394 g/mol. The van der Waals surface area contributed by atoms with Crippen LogP contribution in [0.1, 0.15) is 27.1 Å². The summed E-state index contributed by atoms with van der Waals surface area (Å²) < 4.78 is 16.1. The molecular weight excluding hydrogens is 376 g/mol. The first-order chi connectivity index (χ1) is 14.1. The minimum Gasteiger partial charge on any atom is -0.486 e. The zero-order valence-corrected chi connectivity index (χ0v) is 15.5. The summed E-state index contributed by atoms with van der Waals surface area (Å²) in [5.41, 5.74) is 1.17. The van der Waals surface area contributed by atoms with Crippen LogP contribution in [0.3, 0.4) is 0 Å². The molecule has 1 aliphatic rings. The summed E-state index contributed by atoms with van der Waals surface area (Å²) in [5.74, 6) is -0.0679. The van der Waals surface area contributed by atoms with Crippen molar-refractivity contribution in [3.63, 3.8) is 0 Å². The largest absolute Gasteiger partial charge is 0.486 e. The molecule has 0 atom stereocenters. The van der Waals surface area contributed by atoms with Crippen LogP contribution in [0.4, 0.5) is 5.69 Å². The standard InChI is InChI=1S/C21H18N2O6/c22-8-1-9-23(17-6-7-18-19(12-17)28-11-10-27-18)20(25)14-29-21(26)16-4-2-15(13-24)3-5-16/h2-7,12-13H,1,9-11,14H2. The van der Waals surface area contributed by atoms with Crippen LogP contribution < -0.4 is 14.4 Å². The summed E-state index contributed by atoms with van der Waals surface area (Å²) in [7, 11) is 0. The van der Waals surface area contributed by atoms with Gasteiger partial charge in [0.25, 0.3) is 5.91 Å². The molecule has 0 bridgehead atoms. The number of aldehydes is 1. The lowest BCUT2D eigenvalue weighted by molar-refractivity contribution is -0.121. The highest BCUT2D eigenvalue weighted by molar-refractivity contribution is 5.97. The molecule has 2 aromatic rings. The van der Waals surface area contributed by atoms with E-state index in [1.165, 1.54) is 29.2 Å². The average molecular weight is 394 g/mol. The molecule has 1 amide bonds. The zero-order valence-electron chi connectivity index (χ0n) is 15.5. The van der Waals surface area contributed by atoms with Gasteiger partial charge in [-0.15, -0.1) is 0 Å². The summed E-state index contributed by atoms with van der Waals surface area (Å²) >= 11 is 0. The van der Waals surface area contributed by atoms with Crippen LogP contribution in [0.5, 0.6) is 11.5 Å². The summed E-state index contributed by atoms with van der Waals surface area (Å²) in [5, 5.41) is 8.90. The van der Waals surface area contributed by atoms with Crippen molar-refractivity contribution in [1.29, 1.82) is 5.26 Å². The van der Waals surface area contributed by atoms with Crippen molar-refractivity contribution >= 4 is 23.9 Å². The predicted octanol–water partition coefficient (Wildman–Crippen LogP) is 2.37. The lowest BCUT2D eigenvalue weighted by Crippen LogP contribution is -2.35. The van der Waals surface area contributed by atoms with Gasteiger partial charge in [-0.25, -0.2) is 4.79 Å². The minimum absolute atomic E-state index is 0.112. The van der Waals surface area contributed by atoms with E-state index in [9.17, 15) is 14.4 Å². The Bertz CT molecular complexity index is 949. The molecule has 0 aliphatic carbocycles. The van der Waals surface area contributed by atoms with Crippen LogP contribution in [0, 0.1) is 11.3 Å². The van der Waals surface area contributed by atoms with Gasteiger partial charge in [-0.1, -0.05) is 12.1 Å². The van der Waals surface area contributed by atoms with Crippen molar-refractivity contribution in [3.05, 3.63) is 53.6 Å². The van der Waals surface area contributed by atoms with E-state index in [4.69, 9.17) is 19.5 Å². The van der Waals surface area contributed by atoms with Gasteiger partial charge in [0.2, 0.25) is 0 Å². The van der Waals surface area contributed by atoms with Crippen molar-refractivity contribution < 1.29 is 28.6 Å². The number of benzene rings is 2. The maximum Gasteiger partial charge on any atom is 0.338 e. The minimum atomic E-state index is -0.682. The van der Waals surface area contributed by atoms with Crippen molar-refractivity contribution in [3.8, 4) is 17.6 Å². The van der Waals surface area contributed by atoms with E-state index in [1.54, 1.807) is 18.2 Å². The Morgan fingerprint density at radius 2 is 1.83 bits per heavy atom. The number of carbonyl (C=O) groups excluding carboxylic acids is 3. The third kappa shape index (κ3) is 4.90. The van der Waals surface area contributed by atoms with E-state index < -0.39 is 18.5 Å². The Morgan fingerprint density at radius 3 is 2.52 bits per heavy atom. The number of nitriles is 1.